The molecular weight excluding hydrogens is 584 g/mol. The van der Waals surface area contributed by atoms with Gasteiger partial charge in [-0.05, 0) is 85.4 Å². The molecule has 0 spiro atoms. The highest BCUT2D eigenvalue weighted by molar-refractivity contribution is 6.42. The van der Waals surface area contributed by atoms with Crippen LogP contribution in [0.3, 0.4) is 0 Å². The highest BCUT2D eigenvalue weighted by Crippen LogP contribution is 2.41. The number of amides is 1. The molecule has 0 radical (unpaired) electrons. The Bertz CT molecular complexity index is 1520. The van der Waals surface area contributed by atoms with Crippen LogP contribution in [0.1, 0.15) is 55.2 Å². The Balaban J connectivity index is 1.18. The largest absolute Gasteiger partial charge is 0.488 e. The maximum atomic E-state index is 14.2. The number of rotatable bonds is 10. The fraction of sp³-hybridized carbons (Fsp3) is 0.364. The molecule has 2 bridgehead atoms. The van der Waals surface area contributed by atoms with Crippen molar-refractivity contribution in [2.75, 3.05) is 6.61 Å². The van der Waals surface area contributed by atoms with Gasteiger partial charge in [-0.3, -0.25) is 4.79 Å². The molecule has 3 aliphatic rings. The lowest BCUT2D eigenvalue weighted by molar-refractivity contribution is -0.128. The van der Waals surface area contributed by atoms with Crippen LogP contribution >= 0.6 is 23.2 Å². The van der Waals surface area contributed by atoms with Gasteiger partial charge in [0.1, 0.15) is 0 Å². The van der Waals surface area contributed by atoms with Crippen LogP contribution in [0, 0.1) is 17.5 Å². The maximum absolute atomic E-state index is 14.2. The van der Waals surface area contributed by atoms with Crippen LogP contribution in [0.15, 0.2) is 60.2 Å². The lowest BCUT2D eigenvalue weighted by atomic mass is 9.88. The molecule has 3 aromatic carbocycles. The standard InChI is InChI=1S/C33H31Cl2F3N2O2/c34-25-5-1-4-21(30(25)35)18-40(23-11-12-23)33(41)29-24(17-22-10-15-28(29)39-22)20-8-6-19(7-9-20)3-2-16-42-32-27(37)14-13-26(36)31(32)38/h1,4-9,13-14,22-23,28,39H,2-3,10-12,15-18H2/t22-,28+/m1/s1. The Hall–Kier alpha value is -3.00. The van der Waals surface area contributed by atoms with Crippen LogP contribution in [0.4, 0.5) is 13.2 Å². The number of hydrogen-bond acceptors (Lipinski definition) is 3. The van der Waals surface area contributed by atoms with Crippen LogP contribution in [-0.4, -0.2) is 35.5 Å². The van der Waals surface area contributed by atoms with Crippen LogP contribution in [0.25, 0.3) is 5.57 Å². The van der Waals surface area contributed by atoms with E-state index in [2.05, 4.69) is 5.32 Å². The van der Waals surface area contributed by atoms with Gasteiger partial charge in [0, 0.05) is 30.2 Å². The number of hydrogen-bond donors (Lipinski definition) is 1. The lowest BCUT2D eigenvalue weighted by Crippen LogP contribution is -2.44. The average Bonchev–Trinajstić information content (AvgIpc) is 3.77. The summed E-state index contributed by atoms with van der Waals surface area (Å²) in [5.41, 5.74) is 4.83. The van der Waals surface area contributed by atoms with E-state index in [4.69, 9.17) is 27.9 Å². The Labute approximate surface area is 253 Å². The number of fused-ring (bicyclic) bond motifs is 2. The number of nitrogens with one attached hydrogen (secondary N) is 1. The zero-order valence-electron chi connectivity index (χ0n) is 22.9. The van der Waals surface area contributed by atoms with E-state index in [0.717, 1.165) is 72.1 Å². The summed E-state index contributed by atoms with van der Waals surface area (Å²) in [6.45, 7) is 0.464. The number of carbonyl (C=O) groups excluding carboxylic acids is 1. The van der Waals surface area contributed by atoms with Gasteiger partial charge in [0.15, 0.2) is 17.4 Å². The molecule has 1 aliphatic carbocycles. The van der Waals surface area contributed by atoms with E-state index in [1.807, 2.05) is 41.3 Å². The maximum Gasteiger partial charge on any atom is 0.252 e. The van der Waals surface area contributed by atoms with Gasteiger partial charge in [-0.1, -0.05) is 59.6 Å². The number of aryl methyl sites for hydroxylation is 1. The first kappa shape index (κ1) is 29.1. The molecule has 220 valence electrons. The Morgan fingerprint density at radius 3 is 2.48 bits per heavy atom. The van der Waals surface area contributed by atoms with Crippen molar-refractivity contribution < 1.29 is 22.7 Å². The summed E-state index contributed by atoms with van der Waals surface area (Å²) in [7, 11) is 0. The van der Waals surface area contributed by atoms with Crippen LogP contribution in [-0.2, 0) is 17.8 Å². The number of ether oxygens (including phenoxy) is 1. The second-order valence-corrected chi connectivity index (χ2v) is 12.1. The Morgan fingerprint density at radius 2 is 1.71 bits per heavy atom. The molecule has 9 heteroatoms. The molecule has 3 aromatic rings. The van der Waals surface area contributed by atoms with Crippen molar-refractivity contribution in [2.24, 2.45) is 0 Å². The minimum absolute atomic E-state index is 0.0165. The van der Waals surface area contributed by atoms with Gasteiger partial charge in [-0.15, -0.1) is 0 Å². The predicted molar refractivity (Wildman–Crippen MR) is 158 cm³/mol. The molecule has 2 atom stereocenters. The fourth-order valence-corrected chi connectivity index (χ4v) is 6.43. The van der Waals surface area contributed by atoms with Crippen molar-refractivity contribution in [3.63, 3.8) is 0 Å². The Morgan fingerprint density at radius 1 is 0.952 bits per heavy atom. The monoisotopic (exact) mass is 614 g/mol. The first-order valence-corrected chi connectivity index (χ1v) is 15.1. The van der Waals surface area contributed by atoms with Gasteiger partial charge in [0.2, 0.25) is 5.82 Å². The predicted octanol–water partition coefficient (Wildman–Crippen LogP) is 7.89. The van der Waals surface area contributed by atoms with Gasteiger partial charge < -0.3 is 15.0 Å². The molecule has 1 saturated heterocycles. The topological polar surface area (TPSA) is 41.6 Å². The molecule has 4 nitrogen and oxygen atoms in total. The van der Waals surface area contributed by atoms with Gasteiger partial charge in [-0.25, -0.2) is 8.78 Å². The van der Waals surface area contributed by atoms with E-state index in [0.29, 0.717) is 35.5 Å². The number of nitrogens with zero attached hydrogens (tertiary/aromatic N) is 1. The zero-order valence-corrected chi connectivity index (χ0v) is 24.5. The van der Waals surface area contributed by atoms with E-state index >= 15 is 0 Å². The summed E-state index contributed by atoms with van der Waals surface area (Å²) in [4.78, 5) is 16.2. The van der Waals surface area contributed by atoms with Crippen molar-refractivity contribution in [2.45, 2.75) is 69.6 Å². The smallest absolute Gasteiger partial charge is 0.252 e. The third-order valence-electron chi connectivity index (χ3n) is 8.38. The number of carbonyl (C=O) groups is 1. The van der Waals surface area contributed by atoms with Crippen molar-refractivity contribution in [3.8, 4) is 5.75 Å². The molecule has 2 heterocycles. The highest BCUT2D eigenvalue weighted by atomic mass is 35.5. The molecule has 42 heavy (non-hydrogen) atoms. The van der Waals surface area contributed by atoms with Crippen molar-refractivity contribution >= 4 is 34.7 Å². The molecule has 2 fully saturated rings. The summed E-state index contributed by atoms with van der Waals surface area (Å²) in [5.74, 6) is -4.02. The summed E-state index contributed by atoms with van der Waals surface area (Å²) in [6, 6.07) is 15.8. The lowest BCUT2D eigenvalue weighted by Gasteiger charge is -2.32. The van der Waals surface area contributed by atoms with Gasteiger partial charge >= 0.3 is 0 Å². The van der Waals surface area contributed by atoms with E-state index in [9.17, 15) is 18.0 Å². The third kappa shape index (κ3) is 6.05. The van der Waals surface area contributed by atoms with E-state index in [1.165, 1.54) is 0 Å². The molecule has 0 aromatic heterocycles. The molecule has 1 saturated carbocycles. The SMILES string of the molecule is O=C(C1=C(c2ccc(CCCOc3c(F)ccc(F)c3F)cc2)C[C@H]2CC[C@@H]1N2)N(Cc1cccc(Cl)c1Cl)C1CC1. The van der Waals surface area contributed by atoms with Gasteiger partial charge in [0.25, 0.3) is 5.91 Å². The minimum Gasteiger partial charge on any atom is -0.488 e. The van der Waals surface area contributed by atoms with Gasteiger partial charge in [0.05, 0.1) is 16.7 Å². The van der Waals surface area contributed by atoms with Crippen molar-refractivity contribution in [3.05, 3.63) is 104 Å². The molecule has 2 aliphatic heterocycles. The van der Waals surface area contributed by atoms with E-state index < -0.39 is 23.2 Å². The summed E-state index contributed by atoms with van der Waals surface area (Å²) in [6.07, 6.45) is 5.81. The zero-order chi connectivity index (χ0) is 29.4. The van der Waals surface area contributed by atoms with Crippen LogP contribution < -0.4 is 10.1 Å². The van der Waals surface area contributed by atoms with E-state index in [-0.39, 0.29) is 24.6 Å². The second kappa shape index (κ2) is 12.3. The summed E-state index contributed by atoms with van der Waals surface area (Å²) < 4.78 is 46.3. The normalized spacial score (nSPS) is 19.7. The summed E-state index contributed by atoms with van der Waals surface area (Å²) in [5, 5.41) is 4.62. The van der Waals surface area contributed by atoms with Crippen LogP contribution in [0.2, 0.25) is 10.0 Å². The van der Waals surface area contributed by atoms with Crippen molar-refractivity contribution in [1.82, 2.24) is 10.2 Å². The molecule has 6 rings (SSSR count). The fourth-order valence-electron chi connectivity index (χ4n) is 6.05. The first-order valence-electron chi connectivity index (χ1n) is 14.4. The third-order valence-corrected chi connectivity index (χ3v) is 9.23. The molecule has 0 unspecified atom stereocenters. The van der Waals surface area contributed by atoms with Crippen LogP contribution in [0.5, 0.6) is 5.75 Å². The summed E-state index contributed by atoms with van der Waals surface area (Å²) >= 11 is 12.8. The molecular formula is C33H31Cl2F3N2O2. The van der Waals surface area contributed by atoms with E-state index in [1.54, 1.807) is 6.07 Å². The highest BCUT2D eigenvalue weighted by Gasteiger charge is 2.42. The molecule has 1 N–H and O–H groups in total. The second-order valence-electron chi connectivity index (χ2n) is 11.3. The quantitative estimate of drug-likeness (QED) is 0.186. The average molecular weight is 616 g/mol. The number of halogens is 5. The first-order chi connectivity index (χ1) is 20.3. The Kier molecular flexibility index (Phi) is 8.53. The minimum atomic E-state index is -1.31. The molecule has 1 amide bonds. The van der Waals surface area contributed by atoms with Crippen molar-refractivity contribution in [1.29, 1.82) is 0 Å². The van der Waals surface area contributed by atoms with Gasteiger partial charge in [-0.2, -0.15) is 4.39 Å². The number of benzene rings is 3.